The number of rotatable bonds is 6. The van der Waals surface area contributed by atoms with Gasteiger partial charge in [0.25, 0.3) is 5.56 Å². The van der Waals surface area contributed by atoms with Crippen molar-refractivity contribution in [2.24, 2.45) is 0 Å². The molecule has 5 aromatic rings. The summed E-state index contributed by atoms with van der Waals surface area (Å²) in [7, 11) is 0. The highest BCUT2D eigenvalue weighted by molar-refractivity contribution is 7.17. The highest BCUT2D eigenvalue weighted by atomic mass is 35.5. The van der Waals surface area contributed by atoms with Gasteiger partial charge in [0.05, 0.1) is 17.5 Å². The Kier molecular flexibility index (Phi) is 6.25. The number of aryl methyl sites for hydroxylation is 1. The minimum absolute atomic E-state index is 0. The van der Waals surface area contributed by atoms with Gasteiger partial charge in [-0.2, -0.15) is 0 Å². The molecule has 0 unspecified atom stereocenters. The summed E-state index contributed by atoms with van der Waals surface area (Å²) in [4.78, 5) is 28.7. The maximum Gasteiger partial charge on any atom is 0.259 e. The number of hydrogen-bond acceptors (Lipinski definition) is 6. The first-order chi connectivity index (χ1) is 14.8. The molecule has 0 atom stereocenters. The zero-order valence-corrected chi connectivity index (χ0v) is 18.1. The quantitative estimate of drug-likeness (QED) is 0.367. The molecule has 0 saturated heterocycles. The number of aromatic amines is 1. The molecule has 6 nitrogen and oxygen atoms in total. The number of aromatic nitrogens is 4. The first-order valence-corrected chi connectivity index (χ1v) is 10.5. The molecule has 0 aliphatic rings. The number of ether oxygens (including phenoxy) is 1. The van der Waals surface area contributed by atoms with Crippen molar-refractivity contribution in [3.8, 4) is 17.3 Å². The van der Waals surface area contributed by atoms with Gasteiger partial charge in [-0.15, -0.1) is 23.7 Å². The van der Waals surface area contributed by atoms with Crippen LogP contribution in [0.4, 0.5) is 0 Å². The zero-order valence-electron chi connectivity index (χ0n) is 16.4. The van der Waals surface area contributed by atoms with Crippen LogP contribution >= 0.6 is 23.7 Å². The zero-order chi connectivity index (χ0) is 20.3. The molecular formula is C23H19ClN4O2S. The molecular weight excluding hydrogens is 432 g/mol. The molecule has 0 aliphatic heterocycles. The van der Waals surface area contributed by atoms with E-state index in [-0.39, 0.29) is 18.0 Å². The van der Waals surface area contributed by atoms with Crippen molar-refractivity contribution in [3.05, 3.63) is 82.4 Å². The van der Waals surface area contributed by atoms with Crippen LogP contribution in [0.25, 0.3) is 32.5 Å². The Hall–Kier alpha value is -3.29. The number of pyridine rings is 2. The van der Waals surface area contributed by atoms with Gasteiger partial charge in [-0.25, -0.2) is 4.98 Å². The lowest BCUT2D eigenvalue weighted by molar-refractivity contribution is 0.311. The Morgan fingerprint density at radius 1 is 1.10 bits per heavy atom. The van der Waals surface area contributed by atoms with Gasteiger partial charge >= 0.3 is 0 Å². The van der Waals surface area contributed by atoms with Gasteiger partial charge < -0.3 is 9.72 Å². The predicted octanol–water partition coefficient (Wildman–Crippen LogP) is 5.03. The maximum atomic E-state index is 12.7. The summed E-state index contributed by atoms with van der Waals surface area (Å²) in [5, 5.41) is 3.60. The molecule has 0 spiro atoms. The summed E-state index contributed by atoms with van der Waals surface area (Å²) in [6, 6.07) is 13.4. The molecule has 0 saturated carbocycles. The molecule has 4 heterocycles. The molecule has 0 fully saturated rings. The molecule has 4 aromatic heterocycles. The van der Waals surface area contributed by atoms with Crippen molar-refractivity contribution >= 4 is 44.7 Å². The molecule has 0 amide bonds. The highest BCUT2D eigenvalue weighted by Gasteiger charge is 2.09. The van der Waals surface area contributed by atoms with Crippen LogP contribution in [0, 0.1) is 0 Å². The van der Waals surface area contributed by atoms with E-state index in [0.717, 1.165) is 22.9 Å². The van der Waals surface area contributed by atoms with Gasteiger partial charge in [-0.3, -0.25) is 14.8 Å². The van der Waals surface area contributed by atoms with E-state index in [2.05, 4.69) is 26.0 Å². The van der Waals surface area contributed by atoms with Crippen molar-refractivity contribution in [1.29, 1.82) is 0 Å². The van der Waals surface area contributed by atoms with Gasteiger partial charge in [0.2, 0.25) is 0 Å². The van der Waals surface area contributed by atoms with E-state index in [9.17, 15) is 4.79 Å². The van der Waals surface area contributed by atoms with Crippen LogP contribution in [0.15, 0.2) is 71.2 Å². The molecule has 0 radical (unpaired) electrons. The number of fused-ring (bicyclic) bond motifs is 2. The second-order valence-electron chi connectivity index (χ2n) is 6.93. The van der Waals surface area contributed by atoms with E-state index in [0.29, 0.717) is 34.8 Å². The van der Waals surface area contributed by atoms with Gasteiger partial charge in [0.15, 0.2) is 5.82 Å². The normalized spacial score (nSPS) is 10.8. The SMILES string of the molecule is Cl.O=c1[nH]c(-c2cc3sccc3cn2)nc2ccc(OCCCc3cccnc3)cc12. The summed E-state index contributed by atoms with van der Waals surface area (Å²) in [6.07, 6.45) is 7.20. The van der Waals surface area contributed by atoms with Crippen molar-refractivity contribution in [2.75, 3.05) is 6.61 Å². The van der Waals surface area contributed by atoms with Crippen molar-refractivity contribution < 1.29 is 4.74 Å². The van der Waals surface area contributed by atoms with Gasteiger partial charge in [0, 0.05) is 28.7 Å². The number of benzene rings is 1. The standard InChI is InChI=1S/C23H18N4O2S.ClH/c28-23-18-11-17(29-9-2-4-15-3-1-8-24-13-15)5-6-19(18)26-22(27-23)20-12-21-16(14-25-20)7-10-30-21;/h1,3,5-8,10-14H,2,4,9H2,(H,26,27,28);1H. The van der Waals surface area contributed by atoms with E-state index in [1.165, 1.54) is 5.56 Å². The minimum atomic E-state index is -0.205. The summed E-state index contributed by atoms with van der Waals surface area (Å²) in [6.45, 7) is 0.564. The van der Waals surface area contributed by atoms with Crippen LogP contribution in [0.2, 0.25) is 0 Å². The number of hydrogen-bond donors (Lipinski definition) is 1. The Bertz CT molecular complexity index is 1390. The van der Waals surface area contributed by atoms with Crippen LogP contribution in [-0.2, 0) is 6.42 Å². The van der Waals surface area contributed by atoms with E-state index in [1.54, 1.807) is 29.8 Å². The van der Waals surface area contributed by atoms with Crippen molar-refractivity contribution in [2.45, 2.75) is 12.8 Å². The Balaban J connectivity index is 0.00000231. The van der Waals surface area contributed by atoms with Crippen molar-refractivity contribution in [1.82, 2.24) is 19.9 Å². The molecule has 0 aliphatic carbocycles. The fourth-order valence-electron chi connectivity index (χ4n) is 3.33. The van der Waals surface area contributed by atoms with Gasteiger partial charge in [0.1, 0.15) is 11.4 Å². The first-order valence-electron chi connectivity index (χ1n) is 9.66. The Labute approximate surface area is 188 Å². The summed E-state index contributed by atoms with van der Waals surface area (Å²) in [5.74, 6) is 1.12. The topological polar surface area (TPSA) is 80.8 Å². The van der Waals surface area contributed by atoms with E-state index < -0.39 is 0 Å². The lowest BCUT2D eigenvalue weighted by Crippen LogP contribution is -2.10. The predicted molar refractivity (Wildman–Crippen MR) is 126 cm³/mol. The molecule has 1 N–H and O–H groups in total. The van der Waals surface area contributed by atoms with Crippen LogP contribution in [0.5, 0.6) is 5.75 Å². The van der Waals surface area contributed by atoms with E-state index in [4.69, 9.17) is 4.74 Å². The first kappa shape index (κ1) is 21.0. The summed E-state index contributed by atoms with van der Waals surface area (Å²) >= 11 is 1.63. The number of nitrogens with one attached hydrogen (secondary N) is 1. The number of halogens is 1. The number of thiophene rings is 1. The minimum Gasteiger partial charge on any atom is -0.494 e. The van der Waals surface area contributed by atoms with Crippen LogP contribution in [0.1, 0.15) is 12.0 Å². The highest BCUT2D eigenvalue weighted by Crippen LogP contribution is 2.25. The average molecular weight is 451 g/mol. The Morgan fingerprint density at radius 3 is 2.90 bits per heavy atom. The molecule has 5 rings (SSSR count). The lowest BCUT2D eigenvalue weighted by atomic mass is 10.2. The monoisotopic (exact) mass is 450 g/mol. The molecule has 0 bridgehead atoms. The average Bonchev–Trinajstić information content (AvgIpc) is 3.25. The number of H-pyrrole nitrogens is 1. The Morgan fingerprint density at radius 2 is 2.03 bits per heavy atom. The van der Waals surface area contributed by atoms with Crippen LogP contribution < -0.4 is 10.3 Å². The van der Waals surface area contributed by atoms with Crippen LogP contribution in [0.3, 0.4) is 0 Å². The third-order valence-corrected chi connectivity index (χ3v) is 5.74. The third-order valence-electron chi connectivity index (χ3n) is 4.86. The lowest BCUT2D eigenvalue weighted by Gasteiger charge is -2.08. The molecule has 1 aromatic carbocycles. The van der Waals surface area contributed by atoms with Crippen LogP contribution in [-0.4, -0.2) is 26.5 Å². The fourth-order valence-corrected chi connectivity index (χ4v) is 4.12. The molecule has 8 heteroatoms. The fraction of sp³-hybridized carbons (Fsp3) is 0.130. The molecule has 156 valence electrons. The molecule has 31 heavy (non-hydrogen) atoms. The number of nitrogens with zero attached hydrogens (tertiary/aromatic N) is 3. The third kappa shape index (κ3) is 4.57. The summed E-state index contributed by atoms with van der Waals surface area (Å²) < 4.78 is 6.94. The second kappa shape index (κ2) is 9.24. The summed E-state index contributed by atoms with van der Waals surface area (Å²) in [5.41, 5.74) is 2.25. The van der Waals surface area contributed by atoms with Gasteiger partial charge in [-0.05, 0) is 60.2 Å². The maximum absolute atomic E-state index is 12.7. The second-order valence-corrected chi connectivity index (χ2v) is 7.88. The van der Waals surface area contributed by atoms with E-state index in [1.807, 2.05) is 41.9 Å². The smallest absolute Gasteiger partial charge is 0.259 e. The van der Waals surface area contributed by atoms with Gasteiger partial charge in [-0.1, -0.05) is 6.07 Å². The largest absolute Gasteiger partial charge is 0.494 e. The van der Waals surface area contributed by atoms with Crippen molar-refractivity contribution in [3.63, 3.8) is 0 Å². The van der Waals surface area contributed by atoms with E-state index >= 15 is 0 Å².